The Balaban J connectivity index is 1.95. The summed E-state index contributed by atoms with van der Waals surface area (Å²) in [4.78, 5) is 7.02. The second kappa shape index (κ2) is 5.98. The predicted molar refractivity (Wildman–Crippen MR) is 69.1 cm³/mol. The van der Waals surface area contributed by atoms with Gasteiger partial charge in [-0.3, -0.25) is 4.90 Å². The Morgan fingerprint density at radius 1 is 1.47 bits per heavy atom. The summed E-state index contributed by atoms with van der Waals surface area (Å²) in [5.41, 5.74) is 1.12. The zero-order valence-corrected chi connectivity index (χ0v) is 10.6. The molecule has 0 bridgehead atoms. The van der Waals surface area contributed by atoms with Gasteiger partial charge in [-0.1, -0.05) is 6.07 Å². The molecule has 0 saturated heterocycles. The van der Waals surface area contributed by atoms with Crippen LogP contribution in [0.25, 0.3) is 0 Å². The Morgan fingerprint density at radius 2 is 2.29 bits per heavy atom. The first-order valence-corrected chi connectivity index (χ1v) is 6.20. The fourth-order valence-corrected chi connectivity index (χ4v) is 1.95. The molecule has 17 heavy (non-hydrogen) atoms. The van der Waals surface area contributed by atoms with Crippen molar-refractivity contribution in [2.24, 2.45) is 0 Å². The van der Waals surface area contributed by atoms with Gasteiger partial charge in [0.25, 0.3) is 0 Å². The molecule has 4 nitrogen and oxygen atoms in total. The molecule has 0 unspecified atom stereocenters. The molecule has 0 atom stereocenters. The van der Waals surface area contributed by atoms with Crippen molar-refractivity contribution in [1.82, 2.24) is 9.88 Å². The third-order valence-electron chi connectivity index (χ3n) is 3.07. The summed E-state index contributed by atoms with van der Waals surface area (Å²) in [6.45, 7) is 2.71. The lowest BCUT2D eigenvalue weighted by Gasteiger charge is -2.21. The Labute approximate surface area is 103 Å². The van der Waals surface area contributed by atoms with E-state index in [-0.39, 0.29) is 0 Å². The molecule has 0 spiro atoms. The van der Waals surface area contributed by atoms with Crippen molar-refractivity contribution >= 4 is 5.82 Å². The van der Waals surface area contributed by atoms with Crippen LogP contribution in [0.4, 0.5) is 5.82 Å². The van der Waals surface area contributed by atoms with Crippen LogP contribution in [0.15, 0.2) is 18.2 Å². The average Bonchev–Trinajstić information content (AvgIpc) is 3.19. The second-order valence-electron chi connectivity index (χ2n) is 4.46. The maximum Gasteiger partial charge on any atom is 0.126 e. The van der Waals surface area contributed by atoms with E-state index in [0.29, 0.717) is 0 Å². The molecule has 2 rings (SSSR count). The molecule has 0 aromatic carbocycles. The van der Waals surface area contributed by atoms with Crippen molar-refractivity contribution in [2.75, 3.05) is 32.6 Å². The van der Waals surface area contributed by atoms with E-state index in [1.807, 2.05) is 13.1 Å². The summed E-state index contributed by atoms with van der Waals surface area (Å²) < 4.78 is 5.16. The van der Waals surface area contributed by atoms with Gasteiger partial charge in [0.1, 0.15) is 5.82 Å². The van der Waals surface area contributed by atoms with Crippen LogP contribution in [-0.4, -0.2) is 43.2 Å². The highest BCUT2D eigenvalue weighted by atomic mass is 16.5. The number of hydrogen-bond acceptors (Lipinski definition) is 4. The van der Waals surface area contributed by atoms with Crippen molar-refractivity contribution in [3.63, 3.8) is 0 Å². The van der Waals surface area contributed by atoms with Crippen molar-refractivity contribution in [2.45, 2.75) is 25.4 Å². The van der Waals surface area contributed by atoms with E-state index in [1.165, 1.54) is 12.8 Å². The topological polar surface area (TPSA) is 37.4 Å². The van der Waals surface area contributed by atoms with Gasteiger partial charge < -0.3 is 10.1 Å². The Hall–Kier alpha value is -1.13. The van der Waals surface area contributed by atoms with Crippen molar-refractivity contribution in [1.29, 1.82) is 0 Å². The molecule has 1 aliphatic rings. The summed E-state index contributed by atoms with van der Waals surface area (Å²) in [6, 6.07) is 6.86. The highest BCUT2D eigenvalue weighted by Crippen LogP contribution is 2.27. The van der Waals surface area contributed by atoms with E-state index in [1.54, 1.807) is 7.11 Å². The molecular weight excluding hydrogens is 214 g/mol. The van der Waals surface area contributed by atoms with E-state index >= 15 is 0 Å². The smallest absolute Gasteiger partial charge is 0.126 e. The predicted octanol–water partition coefficient (Wildman–Crippen LogP) is 1.73. The van der Waals surface area contributed by atoms with Crippen LogP contribution < -0.4 is 5.32 Å². The standard InChI is InChI=1S/C13H21N3O/c1-14-13-5-3-4-11(15-13)10-16(8-9-17-2)12-6-7-12/h3-5,12H,6-10H2,1-2H3,(H,14,15). The van der Waals surface area contributed by atoms with E-state index in [2.05, 4.69) is 27.3 Å². The quantitative estimate of drug-likeness (QED) is 0.781. The molecule has 1 saturated carbocycles. The molecule has 94 valence electrons. The Morgan fingerprint density at radius 3 is 2.94 bits per heavy atom. The first kappa shape index (κ1) is 12.3. The van der Waals surface area contributed by atoms with E-state index < -0.39 is 0 Å². The number of methoxy groups -OCH3 is 1. The van der Waals surface area contributed by atoms with E-state index in [9.17, 15) is 0 Å². The lowest BCUT2D eigenvalue weighted by atomic mass is 10.3. The third-order valence-corrected chi connectivity index (χ3v) is 3.07. The number of hydrogen-bond donors (Lipinski definition) is 1. The molecule has 1 fully saturated rings. The minimum absolute atomic E-state index is 0.741. The molecule has 1 N–H and O–H groups in total. The lowest BCUT2D eigenvalue weighted by molar-refractivity contribution is 0.139. The van der Waals surface area contributed by atoms with Crippen molar-refractivity contribution < 1.29 is 4.74 Å². The zero-order chi connectivity index (χ0) is 12.1. The van der Waals surface area contributed by atoms with Crippen LogP contribution in [0.5, 0.6) is 0 Å². The summed E-state index contributed by atoms with van der Waals surface area (Å²) in [6.07, 6.45) is 2.63. The summed E-state index contributed by atoms with van der Waals surface area (Å²) in [7, 11) is 3.65. The highest BCUT2D eigenvalue weighted by Gasteiger charge is 2.28. The van der Waals surface area contributed by atoms with Gasteiger partial charge in [-0.15, -0.1) is 0 Å². The fourth-order valence-electron chi connectivity index (χ4n) is 1.95. The number of pyridine rings is 1. The van der Waals surface area contributed by atoms with Gasteiger partial charge in [-0.25, -0.2) is 4.98 Å². The first-order chi connectivity index (χ1) is 8.33. The molecule has 1 heterocycles. The van der Waals surface area contributed by atoms with Gasteiger partial charge in [0.15, 0.2) is 0 Å². The van der Waals surface area contributed by atoms with Crippen LogP contribution in [0.2, 0.25) is 0 Å². The first-order valence-electron chi connectivity index (χ1n) is 6.20. The van der Waals surface area contributed by atoms with Gasteiger partial charge in [0.05, 0.1) is 12.3 Å². The molecule has 1 aromatic rings. The van der Waals surface area contributed by atoms with Gasteiger partial charge >= 0.3 is 0 Å². The molecule has 0 aliphatic heterocycles. The van der Waals surface area contributed by atoms with Crippen molar-refractivity contribution in [3.8, 4) is 0 Å². The number of ether oxygens (including phenoxy) is 1. The highest BCUT2D eigenvalue weighted by molar-refractivity contribution is 5.34. The third kappa shape index (κ3) is 3.68. The van der Waals surface area contributed by atoms with E-state index in [0.717, 1.165) is 37.3 Å². The SMILES string of the molecule is CNc1cccc(CN(CCOC)C2CC2)n1. The van der Waals surface area contributed by atoms with Gasteiger partial charge in [0.2, 0.25) is 0 Å². The number of aromatic nitrogens is 1. The van der Waals surface area contributed by atoms with E-state index in [4.69, 9.17) is 4.74 Å². The molecule has 0 amide bonds. The Kier molecular flexibility index (Phi) is 4.34. The second-order valence-corrected chi connectivity index (χ2v) is 4.46. The molecular formula is C13H21N3O. The van der Waals surface area contributed by atoms with Crippen LogP contribution in [0.1, 0.15) is 18.5 Å². The zero-order valence-electron chi connectivity index (χ0n) is 10.6. The van der Waals surface area contributed by atoms with Crippen LogP contribution in [0, 0.1) is 0 Å². The average molecular weight is 235 g/mol. The summed E-state index contributed by atoms with van der Waals surface area (Å²) in [5, 5.41) is 3.07. The number of nitrogens with one attached hydrogen (secondary N) is 1. The van der Waals surface area contributed by atoms with Crippen LogP contribution in [-0.2, 0) is 11.3 Å². The monoisotopic (exact) mass is 235 g/mol. The molecule has 4 heteroatoms. The maximum atomic E-state index is 5.16. The summed E-state index contributed by atoms with van der Waals surface area (Å²) in [5.74, 6) is 0.935. The lowest BCUT2D eigenvalue weighted by Crippen LogP contribution is -2.29. The molecule has 1 aromatic heterocycles. The summed E-state index contributed by atoms with van der Waals surface area (Å²) >= 11 is 0. The normalized spacial score (nSPS) is 15.2. The minimum Gasteiger partial charge on any atom is -0.383 e. The van der Waals surface area contributed by atoms with Gasteiger partial charge in [-0.2, -0.15) is 0 Å². The fraction of sp³-hybridized carbons (Fsp3) is 0.615. The van der Waals surface area contributed by atoms with Gasteiger partial charge in [-0.05, 0) is 25.0 Å². The Bertz CT molecular complexity index is 352. The molecule has 0 radical (unpaired) electrons. The van der Waals surface area contributed by atoms with Crippen LogP contribution >= 0.6 is 0 Å². The minimum atomic E-state index is 0.741. The number of anilines is 1. The molecule has 1 aliphatic carbocycles. The van der Waals surface area contributed by atoms with Gasteiger partial charge in [0, 0.05) is 33.3 Å². The van der Waals surface area contributed by atoms with Crippen LogP contribution in [0.3, 0.4) is 0 Å². The largest absolute Gasteiger partial charge is 0.383 e. The van der Waals surface area contributed by atoms with Crippen molar-refractivity contribution in [3.05, 3.63) is 23.9 Å². The maximum absolute atomic E-state index is 5.16. The number of rotatable bonds is 7. The number of nitrogens with zero attached hydrogens (tertiary/aromatic N) is 2.